The summed E-state index contributed by atoms with van der Waals surface area (Å²) in [6.45, 7) is 3.95. The molecule has 1 aromatic carbocycles. The number of nitrogen functional groups attached to an aromatic ring is 1. The van der Waals surface area contributed by atoms with Gasteiger partial charge in [0.25, 0.3) is 0 Å². The molecular weight excluding hydrogens is 230 g/mol. The molecule has 1 aromatic heterocycles. The van der Waals surface area contributed by atoms with E-state index in [9.17, 15) is 4.79 Å². The molecule has 5 heteroatoms. The molecule has 0 aliphatic rings. The molecule has 0 spiro atoms. The maximum Gasteiger partial charge on any atom is 0.340 e. The van der Waals surface area contributed by atoms with E-state index in [0.29, 0.717) is 23.5 Å². The third kappa shape index (κ3) is 2.07. The van der Waals surface area contributed by atoms with Crippen LogP contribution >= 0.6 is 0 Å². The van der Waals surface area contributed by atoms with Crippen molar-refractivity contribution in [2.24, 2.45) is 0 Å². The summed E-state index contributed by atoms with van der Waals surface area (Å²) < 4.78 is 6.81. The van der Waals surface area contributed by atoms with E-state index in [1.807, 2.05) is 6.92 Å². The van der Waals surface area contributed by atoms with Crippen LogP contribution in [0.1, 0.15) is 23.1 Å². The molecule has 0 aliphatic carbocycles. The van der Waals surface area contributed by atoms with E-state index in [0.717, 1.165) is 5.82 Å². The van der Waals surface area contributed by atoms with Gasteiger partial charge in [-0.15, -0.1) is 0 Å². The van der Waals surface area contributed by atoms with Gasteiger partial charge in [-0.3, -0.25) is 0 Å². The molecule has 0 radical (unpaired) electrons. The molecule has 0 fully saturated rings. The lowest BCUT2D eigenvalue weighted by Gasteiger charge is -2.13. The summed E-state index contributed by atoms with van der Waals surface area (Å²) in [5.74, 6) is 0.381. The number of anilines is 1. The number of rotatable bonds is 3. The lowest BCUT2D eigenvalue weighted by atomic mass is 10.1. The molecule has 2 rings (SSSR count). The van der Waals surface area contributed by atoms with Crippen molar-refractivity contribution in [3.05, 3.63) is 42.0 Å². The molecule has 0 atom stereocenters. The van der Waals surface area contributed by atoms with Gasteiger partial charge in [0, 0.05) is 12.4 Å². The van der Waals surface area contributed by atoms with E-state index in [4.69, 9.17) is 10.5 Å². The van der Waals surface area contributed by atoms with Crippen molar-refractivity contribution < 1.29 is 9.53 Å². The number of aromatic nitrogens is 2. The zero-order valence-electron chi connectivity index (χ0n) is 10.4. The van der Waals surface area contributed by atoms with Crippen LogP contribution in [-0.4, -0.2) is 22.1 Å². The molecule has 94 valence electrons. The average molecular weight is 245 g/mol. The van der Waals surface area contributed by atoms with Gasteiger partial charge >= 0.3 is 5.97 Å². The molecule has 0 amide bonds. The van der Waals surface area contributed by atoms with E-state index < -0.39 is 0 Å². The summed E-state index contributed by atoms with van der Waals surface area (Å²) in [6, 6.07) is 5.18. The molecule has 0 saturated carbocycles. The molecule has 2 aromatic rings. The average Bonchev–Trinajstić information content (AvgIpc) is 2.75. The SMILES string of the molecule is CCOC(=O)c1cccc(N)c1-n1ccnc1C. The number of imidazole rings is 1. The first kappa shape index (κ1) is 12.2. The van der Waals surface area contributed by atoms with E-state index in [-0.39, 0.29) is 5.97 Å². The molecule has 18 heavy (non-hydrogen) atoms. The fourth-order valence-corrected chi connectivity index (χ4v) is 1.82. The van der Waals surface area contributed by atoms with Gasteiger partial charge in [-0.1, -0.05) is 6.07 Å². The van der Waals surface area contributed by atoms with Gasteiger partial charge < -0.3 is 15.0 Å². The minimum atomic E-state index is -0.382. The molecule has 0 unspecified atom stereocenters. The van der Waals surface area contributed by atoms with E-state index in [1.165, 1.54) is 0 Å². The van der Waals surface area contributed by atoms with Gasteiger partial charge in [0.15, 0.2) is 0 Å². The molecule has 0 saturated heterocycles. The van der Waals surface area contributed by atoms with Crippen LogP contribution in [0.4, 0.5) is 5.69 Å². The van der Waals surface area contributed by atoms with Gasteiger partial charge in [0.05, 0.1) is 23.5 Å². The number of carbonyl (C=O) groups excluding carboxylic acids is 1. The van der Waals surface area contributed by atoms with E-state index >= 15 is 0 Å². The molecule has 5 nitrogen and oxygen atoms in total. The molecule has 0 bridgehead atoms. The largest absolute Gasteiger partial charge is 0.462 e. The quantitative estimate of drug-likeness (QED) is 0.662. The van der Waals surface area contributed by atoms with Crippen LogP contribution < -0.4 is 5.73 Å². The third-order valence-corrected chi connectivity index (χ3v) is 2.63. The van der Waals surface area contributed by atoms with Gasteiger partial charge in [-0.25, -0.2) is 9.78 Å². The molecule has 2 N–H and O–H groups in total. The first-order valence-corrected chi connectivity index (χ1v) is 5.71. The summed E-state index contributed by atoms with van der Waals surface area (Å²) >= 11 is 0. The second kappa shape index (κ2) is 4.91. The number of esters is 1. The third-order valence-electron chi connectivity index (χ3n) is 2.63. The summed E-state index contributed by atoms with van der Waals surface area (Å²) in [6.07, 6.45) is 3.43. The highest BCUT2D eigenvalue weighted by Crippen LogP contribution is 2.23. The van der Waals surface area contributed by atoms with Crippen LogP contribution in [0.5, 0.6) is 0 Å². The number of nitrogens with two attached hydrogens (primary N) is 1. The zero-order chi connectivity index (χ0) is 13.1. The normalized spacial score (nSPS) is 10.3. The first-order valence-electron chi connectivity index (χ1n) is 5.71. The van der Waals surface area contributed by atoms with Crippen LogP contribution in [0, 0.1) is 6.92 Å². The molecule has 0 aliphatic heterocycles. The molecular formula is C13H15N3O2. The van der Waals surface area contributed by atoms with Gasteiger partial charge in [-0.2, -0.15) is 0 Å². The van der Waals surface area contributed by atoms with Gasteiger partial charge in [0.1, 0.15) is 5.82 Å². The van der Waals surface area contributed by atoms with Crippen LogP contribution in [0.25, 0.3) is 5.69 Å². The predicted octanol–water partition coefficient (Wildman–Crippen LogP) is 1.94. The Morgan fingerprint density at radius 2 is 2.28 bits per heavy atom. The zero-order valence-corrected chi connectivity index (χ0v) is 10.4. The minimum absolute atomic E-state index is 0.329. The predicted molar refractivity (Wildman–Crippen MR) is 68.7 cm³/mol. The van der Waals surface area contributed by atoms with Crippen molar-refractivity contribution in [1.82, 2.24) is 9.55 Å². The van der Waals surface area contributed by atoms with E-state index in [2.05, 4.69) is 4.98 Å². The van der Waals surface area contributed by atoms with Crippen LogP contribution in [0.15, 0.2) is 30.6 Å². The second-order valence-corrected chi connectivity index (χ2v) is 3.81. The highest BCUT2D eigenvalue weighted by atomic mass is 16.5. The van der Waals surface area contributed by atoms with Crippen molar-refractivity contribution in [3.63, 3.8) is 0 Å². The van der Waals surface area contributed by atoms with Crippen LogP contribution in [-0.2, 0) is 4.74 Å². The Morgan fingerprint density at radius 3 is 2.89 bits per heavy atom. The number of benzene rings is 1. The number of hydrogen-bond donors (Lipinski definition) is 1. The Bertz CT molecular complexity index is 575. The Hall–Kier alpha value is -2.30. The lowest BCUT2D eigenvalue weighted by molar-refractivity contribution is 0.0526. The van der Waals surface area contributed by atoms with Gasteiger partial charge in [-0.05, 0) is 26.0 Å². The summed E-state index contributed by atoms with van der Waals surface area (Å²) in [5.41, 5.74) is 7.53. The number of para-hydroxylation sites is 1. The summed E-state index contributed by atoms with van der Waals surface area (Å²) in [4.78, 5) is 16.0. The van der Waals surface area contributed by atoms with Crippen molar-refractivity contribution in [2.45, 2.75) is 13.8 Å². The highest BCUT2D eigenvalue weighted by molar-refractivity contribution is 5.96. The number of hydrogen-bond acceptors (Lipinski definition) is 4. The Kier molecular flexibility index (Phi) is 3.32. The van der Waals surface area contributed by atoms with Crippen molar-refractivity contribution in [3.8, 4) is 5.69 Å². The number of carbonyl (C=O) groups is 1. The topological polar surface area (TPSA) is 70.1 Å². The Balaban J connectivity index is 2.59. The lowest BCUT2D eigenvalue weighted by Crippen LogP contribution is -2.12. The van der Waals surface area contributed by atoms with Crippen molar-refractivity contribution >= 4 is 11.7 Å². The smallest absolute Gasteiger partial charge is 0.340 e. The first-order chi connectivity index (χ1) is 8.65. The standard InChI is InChI=1S/C13H15N3O2/c1-3-18-13(17)10-5-4-6-11(14)12(10)16-8-7-15-9(16)2/h4-8H,3,14H2,1-2H3. The Labute approximate surface area is 105 Å². The maximum absolute atomic E-state index is 11.9. The van der Waals surface area contributed by atoms with Crippen LogP contribution in [0.2, 0.25) is 0 Å². The van der Waals surface area contributed by atoms with Gasteiger partial charge in [0.2, 0.25) is 0 Å². The maximum atomic E-state index is 11.9. The van der Waals surface area contributed by atoms with Crippen LogP contribution in [0.3, 0.4) is 0 Å². The Morgan fingerprint density at radius 1 is 1.50 bits per heavy atom. The number of nitrogens with zero attached hydrogens (tertiary/aromatic N) is 2. The number of aryl methyl sites for hydroxylation is 1. The fraction of sp³-hybridized carbons (Fsp3) is 0.231. The monoisotopic (exact) mass is 245 g/mol. The summed E-state index contributed by atoms with van der Waals surface area (Å²) in [5, 5.41) is 0. The minimum Gasteiger partial charge on any atom is -0.462 e. The summed E-state index contributed by atoms with van der Waals surface area (Å²) in [7, 11) is 0. The van der Waals surface area contributed by atoms with E-state index in [1.54, 1.807) is 42.1 Å². The second-order valence-electron chi connectivity index (χ2n) is 3.81. The molecule has 1 heterocycles. The fourth-order valence-electron chi connectivity index (χ4n) is 1.82. The van der Waals surface area contributed by atoms with Crippen molar-refractivity contribution in [2.75, 3.05) is 12.3 Å². The number of ether oxygens (including phenoxy) is 1. The van der Waals surface area contributed by atoms with Crippen molar-refractivity contribution in [1.29, 1.82) is 0 Å². The highest BCUT2D eigenvalue weighted by Gasteiger charge is 2.17.